The lowest BCUT2D eigenvalue weighted by atomic mass is 10.3. The number of benzene rings is 1. The molecule has 3 rings (SSSR count). The fourth-order valence-corrected chi connectivity index (χ4v) is 5.04. The summed E-state index contributed by atoms with van der Waals surface area (Å²) in [5.41, 5.74) is 6.90. The van der Waals surface area contributed by atoms with Gasteiger partial charge in [-0.25, -0.2) is 20.0 Å². The van der Waals surface area contributed by atoms with E-state index in [9.17, 15) is 9.36 Å². The molecule has 14 heteroatoms. The Labute approximate surface area is 215 Å². The Kier molecular flexibility index (Phi) is 10.8. The quantitative estimate of drug-likeness (QED) is 0.156. The predicted molar refractivity (Wildman–Crippen MR) is 136 cm³/mol. The zero-order valence-electron chi connectivity index (χ0n) is 21.1. The number of anilines is 1. The number of nitrogens with one attached hydrogen (secondary N) is 1. The molecule has 3 aromatic rings. The van der Waals surface area contributed by atoms with Gasteiger partial charge in [-0.2, -0.15) is 0 Å². The Morgan fingerprint density at radius 1 is 1.11 bits per heavy atom. The van der Waals surface area contributed by atoms with Crippen molar-refractivity contribution in [3.63, 3.8) is 0 Å². The third-order valence-corrected chi connectivity index (χ3v) is 6.83. The number of hydrogen-bond donors (Lipinski definition) is 2. The topological polar surface area (TPSA) is 162 Å². The van der Waals surface area contributed by atoms with Gasteiger partial charge in [0, 0.05) is 7.11 Å². The maximum Gasteiger partial charge on any atom is 0.342 e. The van der Waals surface area contributed by atoms with Crippen LogP contribution in [0.25, 0.3) is 11.2 Å². The molecule has 202 valence electrons. The molecule has 0 fully saturated rings. The molecule has 3 atom stereocenters. The molecule has 0 saturated heterocycles. The number of nitrogens with zero attached hydrogens (tertiary/aromatic N) is 4. The van der Waals surface area contributed by atoms with Crippen molar-refractivity contribution in [1.82, 2.24) is 24.6 Å². The number of carbonyl (C=O) groups is 1. The summed E-state index contributed by atoms with van der Waals surface area (Å²) < 4.78 is 42.6. The van der Waals surface area contributed by atoms with E-state index in [4.69, 9.17) is 29.2 Å². The molecule has 3 unspecified atom stereocenters. The molecule has 0 aliphatic heterocycles. The summed E-state index contributed by atoms with van der Waals surface area (Å²) in [6.07, 6.45) is 2.24. The van der Waals surface area contributed by atoms with Crippen molar-refractivity contribution in [3.8, 4) is 5.75 Å². The first-order valence-electron chi connectivity index (χ1n) is 11.7. The van der Waals surface area contributed by atoms with Crippen molar-refractivity contribution >= 4 is 30.5 Å². The smallest absolute Gasteiger partial charge is 0.342 e. The molecular weight excluding hydrogens is 503 g/mol. The zero-order chi connectivity index (χ0) is 26.7. The van der Waals surface area contributed by atoms with Gasteiger partial charge in [0.2, 0.25) is 0 Å². The van der Waals surface area contributed by atoms with Crippen molar-refractivity contribution in [2.45, 2.75) is 32.5 Å². The first-order chi connectivity index (χ1) is 17.8. The summed E-state index contributed by atoms with van der Waals surface area (Å²) in [5, 5.41) is 2.77. The van der Waals surface area contributed by atoms with Crippen LogP contribution in [0.1, 0.15) is 13.8 Å². The summed E-state index contributed by atoms with van der Waals surface area (Å²) in [7, 11) is -2.12. The Balaban J connectivity index is 1.60. The van der Waals surface area contributed by atoms with Crippen molar-refractivity contribution < 1.29 is 32.8 Å². The SMILES string of the molecule is COCCOCCOC(=O)C(C)NP(=O)(COC(C)Cn1cnc2c(N)ncnc21)Oc1ccccc1. The van der Waals surface area contributed by atoms with Gasteiger partial charge in [0.25, 0.3) is 0 Å². The van der Waals surface area contributed by atoms with E-state index in [1.165, 1.54) is 6.33 Å². The van der Waals surface area contributed by atoms with Gasteiger partial charge in [0.1, 0.15) is 36.6 Å². The average molecular weight is 537 g/mol. The Hall–Kier alpha value is -3.09. The van der Waals surface area contributed by atoms with Crippen LogP contribution < -0.4 is 15.3 Å². The number of fused-ring (bicyclic) bond motifs is 1. The summed E-state index contributed by atoms with van der Waals surface area (Å²) in [4.78, 5) is 24.8. The maximum atomic E-state index is 13.7. The third-order valence-electron chi connectivity index (χ3n) is 5.06. The third kappa shape index (κ3) is 8.76. The lowest BCUT2D eigenvalue weighted by Crippen LogP contribution is -2.36. The molecule has 0 aliphatic rings. The number of aromatic nitrogens is 4. The Bertz CT molecular complexity index is 1180. The van der Waals surface area contributed by atoms with Crippen molar-refractivity contribution in [1.29, 1.82) is 0 Å². The highest BCUT2D eigenvalue weighted by molar-refractivity contribution is 7.57. The summed E-state index contributed by atoms with van der Waals surface area (Å²) in [6, 6.07) is 7.72. The number of imidazole rings is 1. The van der Waals surface area contributed by atoms with E-state index in [2.05, 4.69) is 20.0 Å². The Morgan fingerprint density at radius 2 is 1.86 bits per heavy atom. The first-order valence-corrected chi connectivity index (χ1v) is 13.5. The van der Waals surface area contributed by atoms with Gasteiger partial charge < -0.3 is 33.8 Å². The van der Waals surface area contributed by atoms with Gasteiger partial charge >= 0.3 is 13.5 Å². The average Bonchev–Trinajstić information content (AvgIpc) is 3.29. The van der Waals surface area contributed by atoms with Gasteiger partial charge in [-0.3, -0.25) is 9.36 Å². The van der Waals surface area contributed by atoms with Crippen LogP contribution in [-0.4, -0.2) is 77.5 Å². The van der Waals surface area contributed by atoms with Crippen LogP contribution in [0.5, 0.6) is 5.75 Å². The van der Waals surface area contributed by atoms with E-state index >= 15 is 0 Å². The van der Waals surface area contributed by atoms with Crippen LogP contribution in [0.15, 0.2) is 43.0 Å². The molecule has 0 radical (unpaired) electrons. The number of hydrogen-bond acceptors (Lipinski definition) is 11. The molecule has 0 spiro atoms. The van der Waals surface area contributed by atoms with Crippen molar-refractivity contribution in [2.75, 3.05) is 45.6 Å². The second-order valence-electron chi connectivity index (χ2n) is 8.14. The fraction of sp³-hybridized carbons (Fsp3) is 0.478. The highest BCUT2D eigenvalue weighted by Gasteiger charge is 2.31. The lowest BCUT2D eigenvalue weighted by molar-refractivity contribution is -0.146. The second kappa shape index (κ2) is 14.0. The summed E-state index contributed by atoms with van der Waals surface area (Å²) in [6.45, 7) is 4.83. The summed E-state index contributed by atoms with van der Waals surface area (Å²) in [5.74, 6) is 0.0570. The standard InChI is InChI=1S/C23H33N6O7P/c1-17(13-29-15-27-20-21(24)25-14-26-22(20)29)35-16-37(31,36-19-7-5-4-6-8-19)28-18(2)23(30)34-12-11-33-10-9-32-3/h4-8,14-15,17-18H,9-13,16H2,1-3H3,(H,28,31)(H2,24,25,26). The van der Waals surface area contributed by atoms with E-state index in [1.54, 1.807) is 49.2 Å². The van der Waals surface area contributed by atoms with Gasteiger partial charge in [-0.15, -0.1) is 0 Å². The summed E-state index contributed by atoms with van der Waals surface area (Å²) >= 11 is 0. The molecular formula is C23H33N6O7P. The van der Waals surface area contributed by atoms with E-state index in [-0.39, 0.29) is 25.4 Å². The van der Waals surface area contributed by atoms with Crippen molar-refractivity contribution in [2.24, 2.45) is 0 Å². The minimum atomic E-state index is -3.70. The highest BCUT2D eigenvalue weighted by atomic mass is 31.2. The number of methoxy groups -OCH3 is 1. The number of nitrogen functional groups attached to an aromatic ring is 1. The number of esters is 1. The van der Waals surface area contributed by atoms with Crippen LogP contribution in [0.2, 0.25) is 0 Å². The predicted octanol–water partition coefficient (Wildman–Crippen LogP) is 2.23. The Morgan fingerprint density at radius 3 is 2.62 bits per heavy atom. The number of ether oxygens (including phenoxy) is 4. The highest BCUT2D eigenvalue weighted by Crippen LogP contribution is 2.44. The van der Waals surface area contributed by atoms with Crippen LogP contribution in [0.4, 0.5) is 5.82 Å². The monoisotopic (exact) mass is 536 g/mol. The first kappa shape index (κ1) is 28.5. The van der Waals surface area contributed by atoms with E-state index in [1.807, 2.05) is 13.0 Å². The number of nitrogens with two attached hydrogens (primary N) is 1. The lowest BCUT2D eigenvalue weighted by Gasteiger charge is -2.25. The number of rotatable bonds is 16. The van der Waals surface area contributed by atoms with Crippen LogP contribution in [0.3, 0.4) is 0 Å². The van der Waals surface area contributed by atoms with Gasteiger partial charge in [-0.05, 0) is 26.0 Å². The number of carbonyl (C=O) groups excluding carboxylic acids is 1. The fourth-order valence-electron chi connectivity index (χ4n) is 3.25. The van der Waals surface area contributed by atoms with E-state index in [0.29, 0.717) is 36.7 Å². The van der Waals surface area contributed by atoms with Crippen LogP contribution in [0, 0.1) is 0 Å². The largest absolute Gasteiger partial charge is 0.462 e. The van der Waals surface area contributed by atoms with E-state index in [0.717, 1.165) is 0 Å². The number of para-hydroxylation sites is 1. The van der Waals surface area contributed by atoms with Crippen molar-refractivity contribution in [3.05, 3.63) is 43.0 Å². The molecule has 37 heavy (non-hydrogen) atoms. The van der Waals surface area contributed by atoms with Crippen LogP contribution in [-0.2, 0) is 34.9 Å². The molecule has 2 aromatic heterocycles. The minimum absolute atomic E-state index is 0.0544. The van der Waals surface area contributed by atoms with Gasteiger partial charge in [-0.1, -0.05) is 18.2 Å². The molecule has 0 aliphatic carbocycles. The molecule has 0 amide bonds. The molecule has 3 N–H and O–H groups in total. The van der Waals surface area contributed by atoms with E-state index < -0.39 is 25.6 Å². The molecule has 0 saturated carbocycles. The van der Waals surface area contributed by atoms with Crippen LogP contribution >= 0.6 is 7.52 Å². The minimum Gasteiger partial charge on any atom is -0.462 e. The molecule has 1 aromatic carbocycles. The zero-order valence-corrected chi connectivity index (χ0v) is 22.0. The molecule has 2 heterocycles. The normalized spacial score (nSPS) is 14.7. The molecule has 13 nitrogen and oxygen atoms in total. The molecule has 0 bridgehead atoms. The van der Waals surface area contributed by atoms with Gasteiger partial charge in [0.05, 0.1) is 38.8 Å². The van der Waals surface area contributed by atoms with Gasteiger partial charge in [0.15, 0.2) is 11.5 Å². The second-order valence-corrected chi connectivity index (χ2v) is 10.2. The maximum absolute atomic E-state index is 13.7.